The number of aryl methyl sites for hydroxylation is 2. The van der Waals surface area contributed by atoms with Crippen LogP contribution in [0, 0.1) is 13.8 Å². The van der Waals surface area contributed by atoms with E-state index < -0.39 is 0 Å². The number of hydrogen-bond acceptors (Lipinski definition) is 7. The Morgan fingerprint density at radius 2 is 2.15 bits per heavy atom. The number of benzene rings is 1. The lowest BCUT2D eigenvalue weighted by atomic mass is 10.1. The first kappa shape index (κ1) is 16.6. The molecule has 26 heavy (non-hydrogen) atoms. The van der Waals surface area contributed by atoms with E-state index in [2.05, 4.69) is 26.2 Å². The van der Waals surface area contributed by atoms with Crippen LogP contribution in [0.1, 0.15) is 22.7 Å². The molecule has 0 saturated heterocycles. The van der Waals surface area contributed by atoms with E-state index in [9.17, 15) is 0 Å². The van der Waals surface area contributed by atoms with Gasteiger partial charge in [0.25, 0.3) is 11.1 Å². The highest BCUT2D eigenvalue weighted by atomic mass is 32.2. The molecule has 0 fully saturated rings. The van der Waals surface area contributed by atoms with Gasteiger partial charge in [0.1, 0.15) is 5.75 Å². The third-order valence-corrected chi connectivity index (χ3v) is 4.62. The summed E-state index contributed by atoms with van der Waals surface area (Å²) in [5.74, 6) is 2.58. The zero-order valence-electron chi connectivity index (χ0n) is 14.4. The second-order valence-corrected chi connectivity index (χ2v) is 6.79. The topological polar surface area (TPSA) is 78.3 Å². The second-order valence-electron chi connectivity index (χ2n) is 5.87. The lowest BCUT2D eigenvalue weighted by Gasteiger charge is -2.07. The van der Waals surface area contributed by atoms with Gasteiger partial charge in [0.05, 0.1) is 5.69 Å². The van der Waals surface area contributed by atoms with Crippen LogP contribution in [-0.2, 0) is 12.4 Å². The molecule has 0 radical (unpaired) electrons. The maximum atomic E-state index is 5.79. The van der Waals surface area contributed by atoms with Crippen molar-refractivity contribution < 1.29 is 9.15 Å². The SMILES string of the molecule is Cc1ccc(C)c(OCc2nnc(SCc3cn4cccnc4n3)o2)c1. The average molecular weight is 367 g/mol. The molecule has 0 amide bonds. The molecule has 3 aromatic heterocycles. The third-order valence-electron chi connectivity index (χ3n) is 3.77. The molecule has 0 bridgehead atoms. The molecule has 0 spiro atoms. The predicted octanol–water partition coefficient (Wildman–Crippen LogP) is 3.60. The monoisotopic (exact) mass is 367 g/mol. The molecule has 4 aromatic rings. The standard InChI is InChI=1S/C18H17N5O2S/c1-12-4-5-13(2)15(8-12)24-10-16-21-22-18(25-16)26-11-14-9-23-7-3-6-19-17(23)20-14/h3-9H,10-11H2,1-2H3. The van der Waals surface area contributed by atoms with Crippen LogP contribution in [0.2, 0.25) is 0 Å². The summed E-state index contributed by atoms with van der Waals surface area (Å²) in [5.41, 5.74) is 3.12. The number of thioether (sulfide) groups is 1. The molecule has 0 aliphatic heterocycles. The van der Waals surface area contributed by atoms with E-state index in [1.807, 2.05) is 48.8 Å². The maximum Gasteiger partial charge on any atom is 0.277 e. The van der Waals surface area contributed by atoms with Gasteiger partial charge in [-0.15, -0.1) is 10.2 Å². The van der Waals surface area contributed by atoms with Crippen molar-refractivity contribution >= 4 is 17.5 Å². The summed E-state index contributed by atoms with van der Waals surface area (Å²) in [6, 6.07) is 7.95. The Morgan fingerprint density at radius 1 is 1.23 bits per heavy atom. The van der Waals surface area contributed by atoms with E-state index in [0.29, 0.717) is 22.6 Å². The van der Waals surface area contributed by atoms with Crippen LogP contribution in [0.3, 0.4) is 0 Å². The highest BCUT2D eigenvalue weighted by Gasteiger charge is 2.10. The summed E-state index contributed by atoms with van der Waals surface area (Å²) in [6.45, 7) is 4.28. The van der Waals surface area contributed by atoms with Crippen LogP contribution >= 0.6 is 11.8 Å². The molecule has 4 rings (SSSR count). The molecule has 0 aliphatic carbocycles. The summed E-state index contributed by atoms with van der Waals surface area (Å²) in [5, 5.41) is 8.59. The minimum absolute atomic E-state index is 0.246. The summed E-state index contributed by atoms with van der Waals surface area (Å²) >= 11 is 1.44. The fourth-order valence-electron chi connectivity index (χ4n) is 2.44. The van der Waals surface area contributed by atoms with Crippen LogP contribution in [0.5, 0.6) is 5.75 Å². The number of aromatic nitrogens is 5. The van der Waals surface area contributed by atoms with Crippen molar-refractivity contribution in [3.8, 4) is 5.75 Å². The van der Waals surface area contributed by atoms with Crippen LogP contribution in [0.4, 0.5) is 0 Å². The molecular weight excluding hydrogens is 350 g/mol. The smallest absolute Gasteiger partial charge is 0.277 e. The molecule has 7 nitrogen and oxygen atoms in total. The molecule has 132 valence electrons. The molecule has 0 saturated carbocycles. The van der Waals surface area contributed by atoms with Gasteiger partial charge < -0.3 is 9.15 Å². The Labute approximate surface area is 154 Å². The second kappa shape index (κ2) is 7.17. The van der Waals surface area contributed by atoms with Crippen LogP contribution in [-0.4, -0.2) is 24.6 Å². The Hall–Kier alpha value is -2.87. The largest absolute Gasteiger partial charge is 0.484 e. The number of ether oxygens (including phenoxy) is 1. The van der Waals surface area contributed by atoms with Gasteiger partial charge in [-0.05, 0) is 37.1 Å². The van der Waals surface area contributed by atoms with E-state index in [4.69, 9.17) is 9.15 Å². The Bertz CT molecular complexity index is 1010. The summed E-state index contributed by atoms with van der Waals surface area (Å²) in [4.78, 5) is 8.65. The minimum Gasteiger partial charge on any atom is -0.484 e. The molecule has 0 atom stereocenters. The van der Waals surface area contributed by atoms with Crippen molar-refractivity contribution in [1.82, 2.24) is 24.6 Å². The Morgan fingerprint density at radius 3 is 3.04 bits per heavy atom. The van der Waals surface area contributed by atoms with Gasteiger partial charge in [-0.2, -0.15) is 0 Å². The molecule has 0 N–H and O–H groups in total. The average Bonchev–Trinajstić information content (AvgIpc) is 3.26. The lowest BCUT2D eigenvalue weighted by Crippen LogP contribution is -1.97. The first-order chi connectivity index (χ1) is 12.7. The van der Waals surface area contributed by atoms with Gasteiger partial charge in [-0.1, -0.05) is 23.9 Å². The van der Waals surface area contributed by atoms with Crippen LogP contribution in [0.15, 0.2) is 52.5 Å². The van der Waals surface area contributed by atoms with Gasteiger partial charge in [0.2, 0.25) is 5.78 Å². The van der Waals surface area contributed by atoms with Gasteiger partial charge in [0.15, 0.2) is 6.61 Å². The van der Waals surface area contributed by atoms with E-state index in [1.165, 1.54) is 11.8 Å². The number of imidazole rings is 1. The molecular formula is C18H17N5O2S. The van der Waals surface area contributed by atoms with Gasteiger partial charge in [-0.25, -0.2) is 9.97 Å². The van der Waals surface area contributed by atoms with Crippen LogP contribution < -0.4 is 4.74 Å². The zero-order valence-corrected chi connectivity index (χ0v) is 15.2. The van der Waals surface area contributed by atoms with Crippen molar-refractivity contribution in [2.45, 2.75) is 31.4 Å². The van der Waals surface area contributed by atoms with E-state index >= 15 is 0 Å². The predicted molar refractivity (Wildman–Crippen MR) is 97.1 cm³/mol. The number of fused-ring (bicyclic) bond motifs is 1. The first-order valence-corrected chi connectivity index (χ1v) is 9.10. The lowest BCUT2D eigenvalue weighted by molar-refractivity contribution is 0.250. The molecule has 0 unspecified atom stereocenters. The van der Waals surface area contributed by atoms with Gasteiger partial charge in [0, 0.05) is 24.3 Å². The summed E-state index contributed by atoms with van der Waals surface area (Å²) in [7, 11) is 0. The minimum atomic E-state index is 0.246. The third kappa shape index (κ3) is 3.70. The number of rotatable bonds is 6. The van der Waals surface area contributed by atoms with Crippen molar-refractivity contribution in [1.29, 1.82) is 0 Å². The zero-order chi connectivity index (χ0) is 17.9. The van der Waals surface area contributed by atoms with Crippen molar-refractivity contribution in [3.05, 3.63) is 65.6 Å². The summed E-state index contributed by atoms with van der Waals surface area (Å²) in [6.07, 6.45) is 5.58. The van der Waals surface area contributed by atoms with E-state index in [0.717, 1.165) is 22.6 Å². The van der Waals surface area contributed by atoms with Crippen LogP contribution in [0.25, 0.3) is 5.78 Å². The molecule has 0 aliphatic rings. The normalized spacial score (nSPS) is 11.2. The number of nitrogens with zero attached hydrogens (tertiary/aromatic N) is 5. The molecule has 8 heteroatoms. The van der Waals surface area contributed by atoms with Gasteiger partial charge in [-0.3, -0.25) is 4.40 Å². The Kier molecular flexibility index (Phi) is 4.57. The quantitative estimate of drug-likeness (QED) is 0.482. The van der Waals surface area contributed by atoms with Gasteiger partial charge >= 0.3 is 0 Å². The highest BCUT2D eigenvalue weighted by molar-refractivity contribution is 7.98. The highest BCUT2D eigenvalue weighted by Crippen LogP contribution is 2.23. The fourth-order valence-corrected chi connectivity index (χ4v) is 3.11. The first-order valence-electron chi connectivity index (χ1n) is 8.11. The van der Waals surface area contributed by atoms with E-state index in [1.54, 1.807) is 6.20 Å². The Balaban J connectivity index is 1.36. The summed E-state index contributed by atoms with van der Waals surface area (Å²) < 4.78 is 13.3. The number of hydrogen-bond donors (Lipinski definition) is 0. The maximum absolute atomic E-state index is 5.79. The fraction of sp³-hybridized carbons (Fsp3) is 0.222. The van der Waals surface area contributed by atoms with E-state index in [-0.39, 0.29) is 6.61 Å². The molecule has 1 aromatic carbocycles. The van der Waals surface area contributed by atoms with Crippen molar-refractivity contribution in [3.63, 3.8) is 0 Å². The van der Waals surface area contributed by atoms with Crippen molar-refractivity contribution in [2.75, 3.05) is 0 Å². The molecule has 3 heterocycles. The van der Waals surface area contributed by atoms with Crippen molar-refractivity contribution in [2.24, 2.45) is 0 Å².